The Bertz CT molecular complexity index is 1160. The lowest BCUT2D eigenvalue weighted by atomic mass is 10.1. The maximum absolute atomic E-state index is 13.0. The van der Waals surface area contributed by atoms with Crippen LogP contribution < -0.4 is 19.9 Å². The van der Waals surface area contributed by atoms with Crippen molar-refractivity contribution >= 4 is 17.5 Å². The van der Waals surface area contributed by atoms with E-state index in [0.29, 0.717) is 17.1 Å². The van der Waals surface area contributed by atoms with E-state index in [2.05, 4.69) is 10.3 Å². The first-order valence-corrected chi connectivity index (χ1v) is 10.5. The molecule has 2 aromatic carbocycles. The third kappa shape index (κ3) is 5.33. The number of fused-ring (bicyclic) bond motifs is 1. The summed E-state index contributed by atoms with van der Waals surface area (Å²) >= 11 is 0. The Morgan fingerprint density at radius 2 is 1.82 bits per heavy atom. The molecule has 0 aliphatic carbocycles. The van der Waals surface area contributed by atoms with Crippen LogP contribution in [-0.2, 0) is 16.2 Å². The van der Waals surface area contributed by atoms with Gasteiger partial charge in [0.2, 0.25) is 0 Å². The number of carbonyl (C=O) groups excluding carboxylic acids is 1. The number of hydroxylamine groups is 1. The van der Waals surface area contributed by atoms with Gasteiger partial charge in [0, 0.05) is 17.8 Å². The van der Waals surface area contributed by atoms with Gasteiger partial charge in [-0.15, -0.1) is 0 Å². The van der Waals surface area contributed by atoms with Crippen LogP contribution in [0.15, 0.2) is 66.9 Å². The largest absolute Gasteiger partial charge is 0.493 e. The molecule has 0 radical (unpaired) electrons. The van der Waals surface area contributed by atoms with Crippen molar-refractivity contribution in [3.8, 4) is 11.5 Å². The molecule has 0 saturated carbocycles. The maximum Gasteiger partial charge on any atom is 0.493 e. The van der Waals surface area contributed by atoms with E-state index in [9.17, 15) is 18.0 Å². The number of ether oxygens (including phenoxy) is 2. The lowest BCUT2D eigenvalue weighted by molar-refractivity contribution is -0.201. The number of benzene rings is 2. The van der Waals surface area contributed by atoms with E-state index in [1.54, 1.807) is 18.2 Å². The van der Waals surface area contributed by atoms with E-state index < -0.39 is 18.3 Å². The number of nitrogens with one attached hydrogen (secondary N) is 1. The van der Waals surface area contributed by atoms with Gasteiger partial charge in [-0.3, -0.25) is 0 Å². The Labute approximate surface area is 194 Å². The van der Waals surface area contributed by atoms with Crippen molar-refractivity contribution in [2.24, 2.45) is 0 Å². The maximum atomic E-state index is 13.0. The molecule has 0 amide bonds. The summed E-state index contributed by atoms with van der Waals surface area (Å²) < 4.78 is 50.7. The molecule has 0 fully saturated rings. The van der Waals surface area contributed by atoms with Crippen molar-refractivity contribution in [2.45, 2.75) is 38.9 Å². The molecule has 0 spiro atoms. The van der Waals surface area contributed by atoms with Gasteiger partial charge in [-0.1, -0.05) is 30.3 Å². The zero-order chi connectivity index (χ0) is 24.3. The van der Waals surface area contributed by atoms with Crippen LogP contribution >= 0.6 is 0 Å². The van der Waals surface area contributed by atoms with Crippen molar-refractivity contribution in [3.63, 3.8) is 0 Å². The minimum Gasteiger partial charge on any atom is -0.491 e. The van der Waals surface area contributed by atoms with Gasteiger partial charge in [0.1, 0.15) is 23.8 Å². The van der Waals surface area contributed by atoms with Crippen molar-refractivity contribution in [3.05, 3.63) is 78.0 Å². The van der Waals surface area contributed by atoms with E-state index in [-0.39, 0.29) is 24.2 Å². The molecule has 3 aromatic rings. The number of carbonyl (C=O) groups is 1. The lowest BCUT2D eigenvalue weighted by Crippen LogP contribution is -2.36. The SMILES string of the molecule is CC(C)Oc1cc(OCc2ccccc2)cc(C2Nc3ncccc3N2OC(=O)C(F)(F)F)c1. The fourth-order valence-corrected chi connectivity index (χ4v) is 3.39. The minimum atomic E-state index is -5.16. The van der Waals surface area contributed by atoms with E-state index in [1.807, 2.05) is 44.2 Å². The zero-order valence-electron chi connectivity index (χ0n) is 18.4. The molecule has 178 valence electrons. The second kappa shape index (κ2) is 9.50. The highest BCUT2D eigenvalue weighted by Gasteiger charge is 2.45. The van der Waals surface area contributed by atoms with E-state index >= 15 is 0 Å². The molecule has 2 heterocycles. The second-order valence-electron chi connectivity index (χ2n) is 7.80. The number of halogens is 3. The zero-order valence-corrected chi connectivity index (χ0v) is 18.4. The van der Waals surface area contributed by atoms with Gasteiger partial charge < -0.3 is 19.6 Å². The van der Waals surface area contributed by atoms with Crippen molar-refractivity contribution < 1.29 is 32.3 Å². The van der Waals surface area contributed by atoms with E-state index in [4.69, 9.17) is 14.3 Å². The smallest absolute Gasteiger partial charge is 0.491 e. The van der Waals surface area contributed by atoms with Crippen LogP contribution in [0, 0.1) is 0 Å². The first-order chi connectivity index (χ1) is 16.2. The normalized spacial score (nSPS) is 15.0. The Morgan fingerprint density at radius 3 is 2.53 bits per heavy atom. The summed E-state index contributed by atoms with van der Waals surface area (Å²) in [5.74, 6) is -1.19. The standard InChI is InChI=1S/C24H22F3N3O4/c1-15(2)33-19-12-17(11-18(13-19)32-14-16-7-4-3-5-8-16)22-29-21-20(9-6-10-28-21)30(22)34-23(31)24(25,26)27/h3-13,15,22H,14H2,1-2H3,(H,28,29). The highest BCUT2D eigenvalue weighted by atomic mass is 19.4. The fraction of sp³-hybridized carbons (Fsp3) is 0.250. The summed E-state index contributed by atoms with van der Waals surface area (Å²) in [4.78, 5) is 20.5. The lowest BCUT2D eigenvalue weighted by Gasteiger charge is -2.26. The van der Waals surface area contributed by atoms with E-state index in [0.717, 1.165) is 10.6 Å². The van der Waals surface area contributed by atoms with Crippen molar-refractivity contribution in [2.75, 3.05) is 10.4 Å². The van der Waals surface area contributed by atoms with Gasteiger partial charge in [0.15, 0.2) is 12.0 Å². The summed E-state index contributed by atoms with van der Waals surface area (Å²) in [6.45, 7) is 3.97. The average Bonchev–Trinajstić information content (AvgIpc) is 3.16. The van der Waals surface area contributed by atoms with Gasteiger partial charge in [0.05, 0.1) is 6.10 Å². The monoisotopic (exact) mass is 473 g/mol. The number of hydrogen-bond acceptors (Lipinski definition) is 7. The molecular formula is C24H22F3N3O4. The number of alkyl halides is 3. The van der Waals surface area contributed by atoms with Gasteiger partial charge in [0.25, 0.3) is 0 Å². The molecule has 1 aromatic heterocycles. The number of rotatable bonds is 7. The molecule has 7 nitrogen and oxygen atoms in total. The van der Waals surface area contributed by atoms with Crippen LogP contribution in [0.5, 0.6) is 11.5 Å². The van der Waals surface area contributed by atoms with Crippen molar-refractivity contribution in [1.29, 1.82) is 0 Å². The summed E-state index contributed by atoms with van der Waals surface area (Å²) in [6, 6.07) is 17.5. The average molecular weight is 473 g/mol. The van der Waals surface area contributed by atoms with Crippen LogP contribution in [0.2, 0.25) is 0 Å². The number of nitrogens with zero attached hydrogens (tertiary/aromatic N) is 2. The topological polar surface area (TPSA) is 72.9 Å². The van der Waals surface area contributed by atoms with Crippen LogP contribution in [0.25, 0.3) is 0 Å². The van der Waals surface area contributed by atoms with Crippen molar-refractivity contribution in [1.82, 2.24) is 4.98 Å². The molecular weight excluding hydrogens is 451 g/mol. The van der Waals surface area contributed by atoms with Gasteiger partial charge >= 0.3 is 12.1 Å². The van der Waals surface area contributed by atoms with E-state index in [1.165, 1.54) is 18.3 Å². The van der Waals surface area contributed by atoms with Crippen LogP contribution in [0.1, 0.15) is 31.1 Å². The quantitative estimate of drug-likeness (QED) is 0.493. The Kier molecular flexibility index (Phi) is 6.49. The molecule has 10 heteroatoms. The Hall–Kier alpha value is -3.95. The molecule has 0 saturated heterocycles. The fourth-order valence-electron chi connectivity index (χ4n) is 3.39. The molecule has 1 atom stereocenters. The first-order valence-electron chi connectivity index (χ1n) is 10.5. The molecule has 4 rings (SSSR count). The van der Waals surface area contributed by atoms with Crippen LogP contribution in [-0.4, -0.2) is 23.2 Å². The summed E-state index contributed by atoms with van der Waals surface area (Å²) in [6.07, 6.45) is -4.84. The summed E-state index contributed by atoms with van der Waals surface area (Å²) in [5.41, 5.74) is 1.58. The third-order valence-electron chi connectivity index (χ3n) is 4.78. The number of anilines is 2. The Balaban J connectivity index is 1.67. The van der Waals surface area contributed by atoms with Crippen LogP contribution in [0.3, 0.4) is 0 Å². The van der Waals surface area contributed by atoms with Crippen LogP contribution in [0.4, 0.5) is 24.7 Å². The predicted molar refractivity (Wildman–Crippen MR) is 118 cm³/mol. The molecule has 1 aliphatic heterocycles. The van der Waals surface area contributed by atoms with Gasteiger partial charge in [-0.25, -0.2) is 9.78 Å². The number of aromatic nitrogens is 1. The molecule has 1 aliphatic rings. The number of hydrogen-bond donors (Lipinski definition) is 1. The Morgan fingerprint density at radius 1 is 1.09 bits per heavy atom. The molecule has 0 bridgehead atoms. The molecule has 1 unspecified atom stereocenters. The second-order valence-corrected chi connectivity index (χ2v) is 7.80. The minimum absolute atomic E-state index is 0.160. The first kappa shape index (κ1) is 23.2. The third-order valence-corrected chi connectivity index (χ3v) is 4.78. The van der Waals surface area contributed by atoms with Gasteiger partial charge in [-0.05, 0) is 43.7 Å². The molecule has 34 heavy (non-hydrogen) atoms. The highest BCUT2D eigenvalue weighted by Crippen LogP contribution is 2.42. The summed E-state index contributed by atoms with van der Waals surface area (Å²) in [5, 5.41) is 3.85. The number of pyridine rings is 1. The summed E-state index contributed by atoms with van der Waals surface area (Å²) in [7, 11) is 0. The molecule has 1 N–H and O–H groups in total. The predicted octanol–water partition coefficient (Wildman–Crippen LogP) is 5.40. The highest BCUT2D eigenvalue weighted by molar-refractivity contribution is 5.80. The van der Waals surface area contributed by atoms with Gasteiger partial charge in [-0.2, -0.15) is 18.2 Å².